The number of fused-ring (bicyclic) bond motifs is 3. The minimum absolute atomic E-state index is 0.112. The van der Waals surface area contributed by atoms with E-state index in [0.717, 1.165) is 23.6 Å². The summed E-state index contributed by atoms with van der Waals surface area (Å²) in [5, 5.41) is 3.58. The summed E-state index contributed by atoms with van der Waals surface area (Å²) < 4.78 is 7.24. The molecule has 0 radical (unpaired) electrons. The Morgan fingerprint density at radius 2 is 1.43 bits per heavy atom. The quantitative estimate of drug-likeness (QED) is 0.165. The number of hydrogen-bond acceptors (Lipinski definition) is 2. The molecular weight excluding hydrogens is 442 g/mol. The van der Waals surface area contributed by atoms with Gasteiger partial charge in [-0.3, -0.25) is 4.98 Å². The van der Waals surface area contributed by atoms with Crippen molar-refractivity contribution in [3.63, 3.8) is 0 Å². The van der Waals surface area contributed by atoms with E-state index in [2.05, 4.69) is 118 Å². The van der Waals surface area contributed by atoms with Gasteiger partial charge in [-0.25, -0.2) is 0 Å². The molecule has 0 amide bonds. The zero-order chi connectivity index (χ0) is 24.3. The Morgan fingerprint density at radius 1 is 0.743 bits per heavy atom. The van der Waals surface area contributed by atoms with Gasteiger partial charge in [-0.1, -0.05) is 106 Å². The fraction of sp³-hybridized carbons (Fsp3) is 0.219. The average Bonchev–Trinajstić information content (AvgIpc) is 2.94. The van der Waals surface area contributed by atoms with Gasteiger partial charge in [0.2, 0.25) is 0 Å². The van der Waals surface area contributed by atoms with E-state index >= 15 is 0 Å². The maximum absolute atomic E-state index is 7.24. The van der Waals surface area contributed by atoms with Crippen molar-refractivity contribution < 1.29 is 4.43 Å². The molecule has 5 aromatic rings. The number of nitrogens with zero attached hydrogens (tertiary/aromatic N) is 1. The summed E-state index contributed by atoms with van der Waals surface area (Å²) in [7, 11) is -1.88. The number of rotatable bonds is 8. The van der Waals surface area contributed by atoms with Crippen LogP contribution in [0.25, 0.3) is 32.8 Å². The number of pyridine rings is 1. The number of benzene rings is 4. The summed E-state index contributed by atoms with van der Waals surface area (Å²) >= 11 is 0. The first-order chi connectivity index (χ1) is 17.2. The van der Waals surface area contributed by atoms with E-state index in [9.17, 15) is 0 Å². The summed E-state index contributed by atoms with van der Waals surface area (Å²) in [6.07, 6.45) is 1.80. The molecule has 35 heavy (non-hydrogen) atoms. The lowest BCUT2D eigenvalue weighted by molar-refractivity contribution is 0.231. The fourth-order valence-electron chi connectivity index (χ4n) is 5.30. The highest BCUT2D eigenvalue weighted by molar-refractivity contribution is 6.73. The van der Waals surface area contributed by atoms with E-state index in [4.69, 9.17) is 9.41 Å². The topological polar surface area (TPSA) is 22.1 Å². The Kier molecular flexibility index (Phi) is 6.80. The van der Waals surface area contributed by atoms with Crippen molar-refractivity contribution in [2.45, 2.75) is 45.0 Å². The molecule has 5 rings (SSSR count). The van der Waals surface area contributed by atoms with Gasteiger partial charge >= 0.3 is 0 Å². The molecule has 0 saturated heterocycles. The van der Waals surface area contributed by atoms with Gasteiger partial charge in [0, 0.05) is 17.0 Å². The molecule has 0 aliphatic rings. The highest BCUT2D eigenvalue weighted by atomic mass is 28.4. The van der Waals surface area contributed by atoms with Crippen LogP contribution in [0.4, 0.5) is 0 Å². The maximum Gasteiger partial charge on any atom is 0.193 e. The molecule has 4 aromatic carbocycles. The third-order valence-electron chi connectivity index (χ3n) is 7.53. The van der Waals surface area contributed by atoms with Crippen LogP contribution in [0.5, 0.6) is 0 Å². The Balaban J connectivity index is 1.80. The van der Waals surface area contributed by atoms with Gasteiger partial charge < -0.3 is 4.43 Å². The van der Waals surface area contributed by atoms with Crippen molar-refractivity contribution in [1.82, 2.24) is 4.98 Å². The Hall–Kier alpha value is -3.27. The summed E-state index contributed by atoms with van der Waals surface area (Å²) in [5.41, 5.74) is 5.89. The number of aromatic nitrogens is 1. The second-order valence-electron chi connectivity index (χ2n) is 9.29. The predicted octanol–water partition coefficient (Wildman–Crippen LogP) is 9.17. The van der Waals surface area contributed by atoms with Crippen LogP contribution in [0.3, 0.4) is 0 Å². The summed E-state index contributed by atoms with van der Waals surface area (Å²) in [5.74, 6) is 0. The predicted molar refractivity (Wildman–Crippen MR) is 151 cm³/mol. The average molecular weight is 476 g/mol. The normalized spacial score (nSPS) is 12.8. The monoisotopic (exact) mass is 475 g/mol. The molecule has 0 spiro atoms. The lowest BCUT2D eigenvalue weighted by atomic mass is 9.90. The van der Waals surface area contributed by atoms with Crippen LogP contribution >= 0.6 is 0 Å². The van der Waals surface area contributed by atoms with Crippen LogP contribution in [0, 0.1) is 0 Å². The first-order valence-electron chi connectivity index (χ1n) is 12.8. The highest BCUT2D eigenvalue weighted by Gasteiger charge is 2.34. The van der Waals surface area contributed by atoms with Crippen molar-refractivity contribution in [2.24, 2.45) is 0 Å². The molecular formula is C32H33NOSi. The molecule has 1 atom stereocenters. The van der Waals surface area contributed by atoms with Crippen LogP contribution in [0.1, 0.15) is 38.0 Å². The van der Waals surface area contributed by atoms with Gasteiger partial charge in [0.1, 0.15) is 0 Å². The molecule has 3 heteroatoms. The van der Waals surface area contributed by atoms with Gasteiger partial charge in [-0.15, -0.1) is 0 Å². The number of hydrogen-bond donors (Lipinski definition) is 0. The van der Waals surface area contributed by atoms with Crippen LogP contribution in [-0.4, -0.2) is 13.3 Å². The second-order valence-corrected chi connectivity index (χ2v) is 14.0. The van der Waals surface area contributed by atoms with Gasteiger partial charge in [-0.05, 0) is 57.9 Å². The Bertz CT molecular complexity index is 1420. The molecule has 0 N–H and O–H groups in total. The van der Waals surface area contributed by atoms with Crippen molar-refractivity contribution in [3.05, 3.63) is 114 Å². The Labute approximate surface area is 209 Å². The highest BCUT2D eigenvalue weighted by Crippen LogP contribution is 2.41. The molecule has 1 heterocycles. The Morgan fingerprint density at radius 3 is 2.11 bits per heavy atom. The molecule has 1 unspecified atom stereocenters. The fourth-order valence-corrected chi connectivity index (χ4v) is 8.06. The van der Waals surface area contributed by atoms with Crippen LogP contribution in [0.2, 0.25) is 18.1 Å². The first-order valence-corrected chi connectivity index (χ1v) is 15.3. The first kappa shape index (κ1) is 23.5. The summed E-state index contributed by atoms with van der Waals surface area (Å²) in [4.78, 5) is 4.94. The molecule has 0 saturated carbocycles. The zero-order valence-electron chi connectivity index (χ0n) is 20.9. The van der Waals surface area contributed by atoms with Gasteiger partial charge in [-0.2, -0.15) is 0 Å². The molecule has 1 aromatic heterocycles. The third-order valence-corrected chi connectivity index (χ3v) is 12.1. The summed E-state index contributed by atoms with van der Waals surface area (Å²) in [6.45, 7) is 6.90. The minimum atomic E-state index is -1.88. The molecule has 176 valence electrons. The standard InChI is InChI=1S/C32H33NOSi/c1-4-35(5-2,6-3)34-32(25-17-11-8-12-18-25)29-23-26-19-13-20-27(24-15-9-7-10-16-24)30(26)31-28(29)21-14-22-33-31/h7-23,32H,4-6H2,1-3H3. The second kappa shape index (κ2) is 10.1. The molecule has 0 bridgehead atoms. The largest absolute Gasteiger partial charge is 0.406 e. The lowest BCUT2D eigenvalue weighted by Crippen LogP contribution is -2.37. The molecule has 0 fully saturated rings. The van der Waals surface area contributed by atoms with Crippen LogP contribution in [0.15, 0.2) is 103 Å². The van der Waals surface area contributed by atoms with Crippen molar-refractivity contribution in [2.75, 3.05) is 0 Å². The van der Waals surface area contributed by atoms with E-state index in [1.54, 1.807) is 0 Å². The summed E-state index contributed by atoms with van der Waals surface area (Å²) in [6, 6.07) is 37.9. The van der Waals surface area contributed by atoms with Gasteiger partial charge in [0.05, 0.1) is 11.6 Å². The van der Waals surface area contributed by atoms with E-state index < -0.39 is 8.32 Å². The van der Waals surface area contributed by atoms with E-state index in [1.165, 1.54) is 38.4 Å². The van der Waals surface area contributed by atoms with Crippen LogP contribution in [-0.2, 0) is 4.43 Å². The lowest BCUT2D eigenvalue weighted by Gasteiger charge is -2.34. The molecule has 0 aliphatic heterocycles. The molecule has 2 nitrogen and oxygen atoms in total. The van der Waals surface area contributed by atoms with Crippen molar-refractivity contribution in [3.8, 4) is 11.1 Å². The smallest absolute Gasteiger partial charge is 0.193 e. The van der Waals surface area contributed by atoms with E-state index in [-0.39, 0.29) is 6.10 Å². The van der Waals surface area contributed by atoms with Gasteiger partial charge in [0.25, 0.3) is 0 Å². The van der Waals surface area contributed by atoms with E-state index in [0.29, 0.717) is 0 Å². The zero-order valence-corrected chi connectivity index (χ0v) is 21.9. The van der Waals surface area contributed by atoms with Gasteiger partial charge in [0.15, 0.2) is 8.32 Å². The SMILES string of the molecule is CC[Si](CC)(CC)OC(c1ccccc1)c1cc2cccc(-c3ccccc3)c2c2ncccc12. The third kappa shape index (κ3) is 4.42. The van der Waals surface area contributed by atoms with Crippen molar-refractivity contribution >= 4 is 30.0 Å². The maximum atomic E-state index is 7.24. The minimum Gasteiger partial charge on any atom is -0.406 e. The van der Waals surface area contributed by atoms with E-state index in [1.807, 2.05) is 6.20 Å². The molecule has 0 aliphatic carbocycles. The van der Waals surface area contributed by atoms with Crippen molar-refractivity contribution in [1.29, 1.82) is 0 Å². The van der Waals surface area contributed by atoms with Crippen LogP contribution < -0.4 is 0 Å².